The van der Waals surface area contributed by atoms with Gasteiger partial charge in [-0.15, -0.1) is 18.4 Å². The highest BCUT2D eigenvalue weighted by molar-refractivity contribution is 5.69. The molecule has 0 heterocycles. The molecule has 9 atom stereocenters. The number of ether oxygens (including phenoxy) is 1. The Hall–Kier alpha value is -1.75. The minimum Gasteiger partial charge on any atom is -0.462 e. The molecule has 4 aliphatic carbocycles. The molecule has 0 radical (unpaired) electrons. The van der Waals surface area contributed by atoms with Gasteiger partial charge in [0.15, 0.2) is 0 Å². The van der Waals surface area contributed by atoms with Gasteiger partial charge in [0.05, 0.1) is 0 Å². The molecule has 0 aliphatic heterocycles. The molecule has 0 aromatic heterocycles. The third kappa shape index (κ3) is 9.94. The molecule has 0 amide bonds. The maximum atomic E-state index is 12.8. The topological polar surface area (TPSA) is 26.3 Å². The van der Waals surface area contributed by atoms with Crippen molar-refractivity contribution in [1.82, 2.24) is 0 Å². The number of carbonyl (C=O) groups is 1. The quantitative estimate of drug-likeness (QED) is 0.0634. The normalized spacial score (nSPS) is 32.4. The van der Waals surface area contributed by atoms with Crippen LogP contribution in [0.15, 0.2) is 36.5 Å². The fraction of sp³-hybridized carbons (Fsp3) is 0.804. The summed E-state index contributed by atoms with van der Waals surface area (Å²) in [4.78, 5) is 12.8. The Morgan fingerprint density at radius 1 is 0.917 bits per heavy atom. The predicted octanol–water partition coefficient (Wildman–Crippen LogP) is 13.2. The number of esters is 1. The van der Waals surface area contributed by atoms with Crippen LogP contribution in [0.25, 0.3) is 0 Å². The van der Waals surface area contributed by atoms with Gasteiger partial charge in [-0.2, -0.15) is 0 Å². The molecule has 0 aromatic carbocycles. The molecule has 4 aliphatic rings. The lowest BCUT2D eigenvalue weighted by Crippen LogP contribution is -2.51. The van der Waals surface area contributed by atoms with Gasteiger partial charge in [0, 0.05) is 25.7 Å². The third-order valence-corrected chi connectivity index (χ3v) is 14.1. The van der Waals surface area contributed by atoms with Crippen LogP contribution in [0, 0.1) is 64.1 Å². The maximum Gasteiger partial charge on any atom is 0.306 e. The SMILES string of the molecule is C=CCCC#CCCCCCCCCCCC(=O)O[C@H]1CC[C@@]2(C)C(=CC[C@H]3[C@@H]4CC[C@H]([C@H](C)/C=C/[C@@H](CC)C(C)C)[C@@]4(C)CC[C@@H]32)C1. The van der Waals surface area contributed by atoms with Crippen LogP contribution in [-0.2, 0) is 9.53 Å². The van der Waals surface area contributed by atoms with Crippen LogP contribution in [0.1, 0.15) is 176 Å². The summed E-state index contributed by atoms with van der Waals surface area (Å²) >= 11 is 0. The van der Waals surface area contributed by atoms with E-state index < -0.39 is 0 Å². The van der Waals surface area contributed by atoms with Crippen molar-refractivity contribution in [1.29, 1.82) is 0 Å². The highest BCUT2D eigenvalue weighted by atomic mass is 16.5. The molecule has 3 fully saturated rings. The summed E-state index contributed by atoms with van der Waals surface area (Å²) in [6, 6.07) is 0. The molecule has 0 N–H and O–H groups in total. The van der Waals surface area contributed by atoms with E-state index in [0.717, 1.165) is 74.5 Å². The van der Waals surface area contributed by atoms with E-state index >= 15 is 0 Å². The van der Waals surface area contributed by atoms with E-state index in [2.05, 4.69) is 78.2 Å². The van der Waals surface area contributed by atoms with Gasteiger partial charge in [0.2, 0.25) is 0 Å². The van der Waals surface area contributed by atoms with Crippen LogP contribution >= 0.6 is 0 Å². The molecule has 0 spiro atoms. The Labute approximate surface area is 297 Å². The lowest BCUT2D eigenvalue weighted by molar-refractivity contribution is -0.151. The summed E-state index contributed by atoms with van der Waals surface area (Å²) in [7, 11) is 0. The van der Waals surface area contributed by atoms with Gasteiger partial charge in [0.1, 0.15) is 6.10 Å². The van der Waals surface area contributed by atoms with Crippen LogP contribution in [-0.4, -0.2) is 12.1 Å². The second kappa shape index (κ2) is 19.0. The number of hydrogen-bond acceptors (Lipinski definition) is 2. The summed E-state index contributed by atoms with van der Waals surface area (Å²) in [6.07, 6.45) is 34.5. The highest BCUT2D eigenvalue weighted by Gasteiger charge is 2.59. The lowest BCUT2D eigenvalue weighted by atomic mass is 9.47. The molecule has 48 heavy (non-hydrogen) atoms. The largest absolute Gasteiger partial charge is 0.462 e. The minimum atomic E-state index is 0.0411. The average molecular weight is 659 g/mol. The zero-order valence-electron chi connectivity index (χ0n) is 32.3. The second-order valence-corrected chi connectivity index (χ2v) is 17.4. The molecule has 3 saturated carbocycles. The van der Waals surface area contributed by atoms with Crippen LogP contribution in [0.2, 0.25) is 0 Å². The first-order valence-electron chi connectivity index (χ1n) is 20.8. The number of hydrogen-bond donors (Lipinski definition) is 0. The minimum absolute atomic E-state index is 0.0411. The van der Waals surface area contributed by atoms with Gasteiger partial charge >= 0.3 is 5.97 Å². The number of fused-ring (bicyclic) bond motifs is 5. The summed E-state index contributed by atoms with van der Waals surface area (Å²) < 4.78 is 6.12. The first-order valence-corrected chi connectivity index (χ1v) is 20.8. The van der Waals surface area contributed by atoms with Crippen molar-refractivity contribution in [2.45, 2.75) is 182 Å². The molecule has 0 bridgehead atoms. The van der Waals surface area contributed by atoms with E-state index in [-0.39, 0.29) is 12.1 Å². The zero-order valence-corrected chi connectivity index (χ0v) is 32.3. The van der Waals surface area contributed by atoms with Gasteiger partial charge in [-0.25, -0.2) is 0 Å². The summed E-state index contributed by atoms with van der Waals surface area (Å²) in [5, 5.41) is 0. The van der Waals surface area contributed by atoms with Crippen molar-refractivity contribution in [2.24, 2.45) is 52.3 Å². The fourth-order valence-corrected chi connectivity index (χ4v) is 11.1. The van der Waals surface area contributed by atoms with Gasteiger partial charge in [-0.1, -0.05) is 110 Å². The first-order chi connectivity index (χ1) is 23.1. The van der Waals surface area contributed by atoms with E-state index in [0.29, 0.717) is 29.1 Å². The van der Waals surface area contributed by atoms with E-state index in [1.165, 1.54) is 83.5 Å². The Balaban J connectivity index is 1.16. The highest BCUT2D eigenvalue weighted by Crippen LogP contribution is 2.67. The predicted molar refractivity (Wildman–Crippen MR) is 205 cm³/mol. The summed E-state index contributed by atoms with van der Waals surface area (Å²) in [5.41, 5.74) is 2.42. The maximum absolute atomic E-state index is 12.8. The van der Waals surface area contributed by atoms with Gasteiger partial charge in [-0.3, -0.25) is 4.79 Å². The number of unbranched alkanes of at least 4 members (excludes halogenated alkanes) is 9. The second-order valence-electron chi connectivity index (χ2n) is 17.4. The molecule has 270 valence electrons. The van der Waals surface area contributed by atoms with Crippen molar-refractivity contribution in [3.8, 4) is 11.8 Å². The number of allylic oxidation sites excluding steroid dienone is 4. The summed E-state index contributed by atoms with van der Waals surface area (Å²) in [5.74, 6) is 12.0. The molecule has 0 saturated heterocycles. The van der Waals surface area contributed by atoms with Crippen molar-refractivity contribution in [3.05, 3.63) is 36.5 Å². The lowest BCUT2D eigenvalue weighted by Gasteiger charge is -2.58. The summed E-state index contributed by atoms with van der Waals surface area (Å²) in [6.45, 7) is 18.6. The third-order valence-electron chi connectivity index (χ3n) is 14.1. The van der Waals surface area contributed by atoms with Crippen molar-refractivity contribution in [3.63, 3.8) is 0 Å². The van der Waals surface area contributed by atoms with E-state index in [9.17, 15) is 4.79 Å². The van der Waals surface area contributed by atoms with Crippen LogP contribution in [0.5, 0.6) is 0 Å². The Morgan fingerprint density at radius 2 is 1.62 bits per heavy atom. The van der Waals surface area contributed by atoms with Crippen molar-refractivity contribution in [2.75, 3.05) is 0 Å². The van der Waals surface area contributed by atoms with E-state index in [1.54, 1.807) is 5.57 Å². The number of rotatable bonds is 18. The first kappa shape index (κ1) is 39.0. The molecule has 4 rings (SSSR count). The zero-order chi connectivity index (χ0) is 34.6. The standard InChI is InChI=1S/C46H74O2/c1-8-10-11-12-13-14-15-16-17-18-19-20-21-22-23-44(47)48-39-30-32-45(6)38(34-39)26-27-40-42-29-28-41(46(42,7)33-31-43(40)45)36(5)24-25-37(9-2)35(3)4/h8,24-26,35-37,39-43H,1,9-11,14-23,27-34H2,2-7H3/b25-24+/t36-,37-,39+,40+,41-,42+,43+,45+,46-/m1/s1. The molecule has 2 heteroatoms. The monoisotopic (exact) mass is 659 g/mol. The van der Waals surface area contributed by atoms with Gasteiger partial charge in [0.25, 0.3) is 0 Å². The molecule has 2 nitrogen and oxygen atoms in total. The Morgan fingerprint density at radius 3 is 2.33 bits per heavy atom. The smallest absolute Gasteiger partial charge is 0.306 e. The molecular weight excluding hydrogens is 585 g/mol. The molecule has 0 unspecified atom stereocenters. The Kier molecular flexibility index (Phi) is 15.5. The van der Waals surface area contributed by atoms with Crippen molar-refractivity contribution < 1.29 is 9.53 Å². The van der Waals surface area contributed by atoms with Crippen molar-refractivity contribution >= 4 is 5.97 Å². The van der Waals surface area contributed by atoms with E-state index in [1.807, 2.05) is 6.08 Å². The number of carbonyl (C=O) groups excluding carboxylic acids is 1. The van der Waals surface area contributed by atoms with Crippen LogP contribution in [0.4, 0.5) is 0 Å². The van der Waals surface area contributed by atoms with Crippen LogP contribution < -0.4 is 0 Å². The van der Waals surface area contributed by atoms with Gasteiger partial charge < -0.3 is 4.74 Å². The van der Waals surface area contributed by atoms with Crippen LogP contribution in [0.3, 0.4) is 0 Å². The Bertz CT molecular complexity index is 1130. The molecular formula is C46H74O2. The average Bonchev–Trinajstić information content (AvgIpc) is 3.42. The van der Waals surface area contributed by atoms with E-state index in [4.69, 9.17) is 4.74 Å². The molecule has 0 aromatic rings. The van der Waals surface area contributed by atoms with Gasteiger partial charge in [-0.05, 0) is 123 Å². The fourth-order valence-electron chi connectivity index (χ4n) is 11.1.